The SMILES string of the molecule is CC(=O)N(CCC(=O)N1CCN(C=O)CC1)CCN(C)C. The lowest BCUT2D eigenvalue weighted by atomic mass is 10.2. The van der Waals surface area contributed by atoms with Crippen molar-refractivity contribution in [1.82, 2.24) is 19.6 Å². The van der Waals surface area contributed by atoms with Crippen LogP contribution in [-0.4, -0.2) is 97.7 Å². The summed E-state index contributed by atoms with van der Waals surface area (Å²) in [6, 6.07) is 0. The van der Waals surface area contributed by atoms with Crippen molar-refractivity contribution in [2.45, 2.75) is 13.3 Å². The Morgan fingerprint density at radius 1 is 1.05 bits per heavy atom. The van der Waals surface area contributed by atoms with Crippen LogP contribution in [0.4, 0.5) is 0 Å². The van der Waals surface area contributed by atoms with Crippen LogP contribution in [0.1, 0.15) is 13.3 Å². The van der Waals surface area contributed by atoms with Gasteiger partial charge in [-0.15, -0.1) is 0 Å². The highest BCUT2D eigenvalue weighted by molar-refractivity contribution is 5.78. The molecule has 21 heavy (non-hydrogen) atoms. The van der Waals surface area contributed by atoms with Gasteiger partial charge < -0.3 is 19.6 Å². The molecule has 1 aliphatic heterocycles. The van der Waals surface area contributed by atoms with Crippen LogP contribution in [0.15, 0.2) is 0 Å². The molecule has 0 saturated carbocycles. The fourth-order valence-electron chi connectivity index (χ4n) is 2.21. The second kappa shape index (κ2) is 8.61. The molecule has 1 aliphatic rings. The van der Waals surface area contributed by atoms with Crippen molar-refractivity contribution in [1.29, 1.82) is 0 Å². The lowest BCUT2D eigenvalue weighted by Crippen LogP contribution is -2.48. The molecule has 1 heterocycles. The zero-order chi connectivity index (χ0) is 15.8. The summed E-state index contributed by atoms with van der Waals surface area (Å²) in [5, 5.41) is 0. The van der Waals surface area contributed by atoms with Crippen molar-refractivity contribution in [3.05, 3.63) is 0 Å². The largest absolute Gasteiger partial charge is 0.342 e. The second-order valence-electron chi connectivity index (χ2n) is 5.58. The van der Waals surface area contributed by atoms with E-state index in [0.29, 0.717) is 45.7 Å². The van der Waals surface area contributed by atoms with Gasteiger partial charge in [0.15, 0.2) is 0 Å². The summed E-state index contributed by atoms with van der Waals surface area (Å²) < 4.78 is 0. The third-order valence-corrected chi connectivity index (χ3v) is 3.67. The van der Waals surface area contributed by atoms with Crippen LogP contribution in [0.5, 0.6) is 0 Å². The highest BCUT2D eigenvalue weighted by Crippen LogP contribution is 2.03. The van der Waals surface area contributed by atoms with Gasteiger partial charge in [0.1, 0.15) is 0 Å². The molecule has 0 atom stereocenters. The minimum atomic E-state index is -0.00424. The van der Waals surface area contributed by atoms with Gasteiger partial charge in [0.05, 0.1) is 0 Å². The van der Waals surface area contributed by atoms with Gasteiger partial charge >= 0.3 is 0 Å². The monoisotopic (exact) mass is 298 g/mol. The van der Waals surface area contributed by atoms with E-state index in [1.165, 1.54) is 6.92 Å². The molecular weight excluding hydrogens is 272 g/mol. The highest BCUT2D eigenvalue weighted by Gasteiger charge is 2.21. The van der Waals surface area contributed by atoms with Crippen molar-refractivity contribution >= 4 is 18.2 Å². The van der Waals surface area contributed by atoms with Crippen LogP contribution in [0.2, 0.25) is 0 Å². The summed E-state index contributed by atoms with van der Waals surface area (Å²) in [7, 11) is 3.91. The van der Waals surface area contributed by atoms with E-state index in [2.05, 4.69) is 0 Å². The van der Waals surface area contributed by atoms with Gasteiger partial charge in [-0.1, -0.05) is 0 Å². The smallest absolute Gasteiger partial charge is 0.224 e. The maximum atomic E-state index is 12.1. The minimum Gasteiger partial charge on any atom is -0.342 e. The molecule has 1 saturated heterocycles. The van der Waals surface area contributed by atoms with Gasteiger partial charge in [0.25, 0.3) is 0 Å². The molecule has 3 amide bonds. The lowest BCUT2D eigenvalue weighted by molar-refractivity contribution is -0.136. The summed E-state index contributed by atoms with van der Waals surface area (Å²) in [6.07, 6.45) is 1.16. The topological polar surface area (TPSA) is 64.2 Å². The standard InChI is InChI=1S/C14H26N4O3/c1-13(20)17(9-6-15(2)3)5-4-14(21)18-10-7-16(12-19)8-11-18/h12H,4-11H2,1-3H3. The second-order valence-corrected chi connectivity index (χ2v) is 5.58. The molecule has 120 valence electrons. The van der Waals surface area contributed by atoms with E-state index in [0.717, 1.165) is 13.0 Å². The molecule has 0 bridgehead atoms. The first-order valence-electron chi connectivity index (χ1n) is 7.31. The summed E-state index contributed by atoms with van der Waals surface area (Å²) in [5.74, 6) is 0.0482. The molecule has 7 nitrogen and oxygen atoms in total. The number of carbonyl (C=O) groups excluding carboxylic acids is 3. The first kappa shape index (κ1) is 17.4. The Bertz CT molecular complexity index is 365. The number of hydrogen-bond donors (Lipinski definition) is 0. The molecule has 0 unspecified atom stereocenters. The molecule has 0 N–H and O–H groups in total. The van der Waals surface area contributed by atoms with E-state index < -0.39 is 0 Å². The molecule has 7 heteroatoms. The molecule has 0 aliphatic carbocycles. The van der Waals surface area contributed by atoms with E-state index in [9.17, 15) is 14.4 Å². The quantitative estimate of drug-likeness (QED) is 0.571. The van der Waals surface area contributed by atoms with E-state index in [1.54, 1.807) is 14.7 Å². The summed E-state index contributed by atoms with van der Waals surface area (Å²) in [4.78, 5) is 41.5. The van der Waals surface area contributed by atoms with Crippen molar-refractivity contribution in [3.63, 3.8) is 0 Å². The van der Waals surface area contributed by atoms with Crippen LogP contribution in [0.3, 0.4) is 0 Å². The highest BCUT2D eigenvalue weighted by atomic mass is 16.2. The summed E-state index contributed by atoms with van der Waals surface area (Å²) >= 11 is 0. The lowest BCUT2D eigenvalue weighted by Gasteiger charge is -2.33. The molecule has 0 aromatic rings. The number of likely N-dealkylation sites (N-methyl/N-ethyl adjacent to an activating group) is 1. The predicted octanol–water partition coefficient (Wildman–Crippen LogP) is -0.913. The minimum absolute atomic E-state index is 0.00424. The Morgan fingerprint density at radius 2 is 1.67 bits per heavy atom. The van der Waals surface area contributed by atoms with Crippen LogP contribution >= 0.6 is 0 Å². The van der Waals surface area contributed by atoms with Gasteiger partial charge in [-0.2, -0.15) is 0 Å². The first-order valence-corrected chi connectivity index (χ1v) is 7.31. The van der Waals surface area contributed by atoms with Gasteiger partial charge in [0.2, 0.25) is 18.2 Å². The van der Waals surface area contributed by atoms with Crippen LogP contribution in [0.25, 0.3) is 0 Å². The van der Waals surface area contributed by atoms with Gasteiger partial charge in [-0.25, -0.2) is 0 Å². The van der Waals surface area contributed by atoms with Crippen molar-refractivity contribution < 1.29 is 14.4 Å². The van der Waals surface area contributed by atoms with Crippen molar-refractivity contribution in [3.8, 4) is 0 Å². The Kier molecular flexibility index (Phi) is 7.14. The summed E-state index contributed by atoms with van der Waals surface area (Å²) in [6.45, 7) is 5.74. The Morgan fingerprint density at radius 3 is 2.14 bits per heavy atom. The Hall–Kier alpha value is -1.63. The zero-order valence-electron chi connectivity index (χ0n) is 13.2. The fraction of sp³-hybridized carbons (Fsp3) is 0.786. The number of piperazine rings is 1. The molecule has 0 radical (unpaired) electrons. The van der Waals surface area contributed by atoms with Gasteiger partial charge in [0, 0.05) is 59.2 Å². The Balaban J connectivity index is 2.36. The third-order valence-electron chi connectivity index (χ3n) is 3.67. The molecule has 1 rings (SSSR count). The first-order chi connectivity index (χ1) is 9.93. The molecule has 0 spiro atoms. The normalized spacial score (nSPS) is 15.2. The fourth-order valence-corrected chi connectivity index (χ4v) is 2.21. The molecule has 1 fully saturated rings. The van der Waals surface area contributed by atoms with E-state index in [1.807, 2.05) is 19.0 Å². The number of rotatable bonds is 7. The van der Waals surface area contributed by atoms with E-state index in [4.69, 9.17) is 0 Å². The van der Waals surface area contributed by atoms with E-state index >= 15 is 0 Å². The van der Waals surface area contributed by atoms with Gasteiger partial charge in [-0.3, -0.25) is 14.4 Å². The van der Waals surface area contributed by atoms with Crippen LogP contribution in [-0.2, 0) is 14.4 Å². The number of hydrogen-bond acceptors (Lipinski definition) is 4. The third kappa shape index (κ3) is 6.12. The van der Waals surface area contributed by atoms with Crippen molar-refractivity contribution in [2.75, 3.05) is 59.9 Å². The van der Waals surface area contributed by atoms with E-state index in [-0.39, 0.29) is 11.8 Å². The number of nitrogens with zero attached hydrogens (tertiary/aromatic N) is 4. The number of amides is 3. The average Bonchev–Trinajstić information content (AvgIpc) is 2.46. The number of carbonyl (C=O) groups is 3. The Labute approximate surface area is 126 Å². The predicted molar refractivity (Wildman–Crippen MR) is 79.6 cm³/mol. The van der Waals surface area contributed by atoms with Crippen molar-refractivity contribution in [2.24, 2.45) is 0 Å². The van der Waals surface area contributed by atoms with Gasteiger partial charge in [-0.05, 0) is 14.1 Å². The maximum Gasteiger partial charge on any atom is 0.224 e. The average molecular weight is 298 g/mol. The summed E-state index contributed by atoms with van der Waals surface area (Å²) in [5.41, 5.74) is 0. The van der Waals surface area contributed by atoms with Crippen LogP contribution < -0.4 is 0 Å². The molecular formula is C14H26N4O3. The zero-order valence-corrected chi connectivity index (χ0v) is 13.2. The molecule has 0 aromatic carbocycles. The maximum absolute atomic E-state index is 12.1. The molecule has 0 aromatic heterocycles. The van der Waals surface area contributed by atoms with Crippen LogP contribution in [0, 0.1) is 0 Å².